The van der Waals surface area contributed by atoms with Crippen molar-refractivity contribution in [3.63, 3.8) is 0 Å². The normalized spacial score (nSPS) is 18.6. The molecule has 0 radical (unpaired) electrons. The van der Waals surface area contributed by atoms with Crippen LogP contribution in [0.1, 0.15) is 55.3 Å². The van der Waals surface area contributed by atoms with Gasteiger partial charge in [0.15, 0.2) is 0 Å². The minimum absolute atomic E-state index is 0.0253. The molecule has 1 atom stereocenters. The highest BCUT2D eigenvalue weighted by Gasteiger charge is 2.27. The number of aryl methyl sites for hydroxylation is 2. The largest absolute Gasteiger partial charge is 0.352 e. The molecule has 5 nitrogen and oxygen atoms in total. The number of alkyl halides is 1. The molecule has 2 aliphatic rings. The first-order chi connectivity index (χ1) is 13.1. The summed E-state index contributed by atoms with van der Waals surface area (Å²) >= 11 is 7.60. The average molecular weight is 407 g/mol. The van der Waals surface area contributed by atoms with Crippen molar-refractivity contribution in [2.75, 3.05) is 37.0 Å². The van der Waals surface area contributed by atoms with Crippen LogP contribution in [0.25, 0.3) is 10.2 Å². The van der Waals surface area contributed by atoms with Gasteiger partial charge in [-0.25, -0.2) is 9.97 Å². The Morgan fingerprint density at radius 1 is 1.19 bits per heavy atom. The van der Waals surface area contributed by atoms with Crippen molar-refractivity contribution in [3.05, 3.63) is 16.3 Å². The van der Waals surface area contributed by atoms with Gasteiger partial charge in [-0.1, -0.05) is 13.8 Å². The number of carbonyl (C=O) groups is 1. The lowest BCUT2D eigenvalue weighted by Gasteiger charge is -2.35. The van der Waals surface area contributed by atoms with Crippen LogP contribution < -0.4 is 4.90 Å². The first kappa shape index (κ1) is 18.9. The second-order valence-electron chi connectivity index (χ2n) is 7.61. The molecule has 1 aliphatic carbocycles. The van der Waals surface area contributed by atoms with E-state index in [-0.39, 0.29) is 11.8 Å². The molecule has 27 heavy (non-hydrogen) atoms. The van der Waals surface area contributed by atoms with Crippen molar-refractivity contribution >= 4 is 44.9 Å². The highest BCUT2D eigenvalue weighted by Crippen LogP contribution is 2.40. The van der Waals surface area contributed by atoms with Gasteiger partial charge in [0, 0.05) is 37.0 Å². The molecule has 0 aromatic carbocycles. The zero-order chi connectivity index (χ0) is 19.0. The first-order valence-electron chi connectivity index (χ1n) is 10.0. The van der Waals surface area contributed by atoms with Crippen LogP contribution in [0.5, 0.6) is 0 Å². The third kappa shape index (κ3) is 3.54. The summed E-state index contributed by atoms with van der Waals surface area (Å²) in [4.78, 5) is 28.8. The Bertz CT molecular complexity index is 844. The second kappa shape index (κ2) is 7.92. The Morgan fingerprint density at radius 3 is 2.63 bits per heavy atom. The molecule has 3 heterocycles. The van der Waals surface area contributed by atoms with Crippen molar-refractivity contribution < 1.29 is 4.79 Å². The van der Waals surface area contributed by atoms with E-state index in [2.05, 4.69) is 18.7 Å². The van der Waals surface area contributed by atoms with Gasteiger partial charge < -0.3 is 9.80 Å². The van der Waals surface area contributed by atoms with Crippen molar-refractivity contribution in [2.45, 2.75) is 51.9 Å². The molecular weight excluding hydrogens is 380 g/mol. The van der Waals surface area contributed by atoms with E-state index >= 15 is 0 Å². The summed E-state index contributed by atoms with van der Waals surface area (Å²) in [6, 6.07) is 0. The van der Waals surface area contributed by atoms with Crippen LogP contribution >= 0.6 is 22.9 Å². The van der Waals surface area contributed by atoms with E-state index in [1.807, 2.05) is 16.2 Å². The number of hydrogen-bond acceptors (Lipinski definition) is 5. The monoisotopic (exact) mass is 406 g/mol. The van der Waals surface area contributed by atoms with Gasteiger partial charge in [0.25, 0.3) is 0 Å². The molecule has 2 aromatic rings. The molecule has 1 aliphatic heterocycles. The molecule has 7 heteroatoms. The van der Waals surface area contributed by atoms with Gasteiger partial charge >= 0.3 is 0 Å². The van der Waals surface area contributed by atoms with E-state index in [0.717, 1.165) is 42.4 Å². The molecular formula is C20H27ClN4OS. The van der Waals surface area contributed by atoms with E-state index in [1.165, 1.54) is 35.1 Å². The van der Waals surface area contributed by atoms with Gasteiger partial charge in [-0.15, -0.1) is 22.9 Å². The molecule has 0 bridgehead atoms. The highest BCUT2D eigenvalue weighted by molar-refractivity contribution is 7.19. The molecule has 2 aromatic heterocycles. The van der Waals surface area contributed by atoms with Gasteiger partial charge in [-0.05, 0) is 37.7 Å². The van der Waals surface area contributed by atoms with Crippen molar-refractivity contribution in [2.24, 2.45) is 0 Å². The van der Waals surface area contributed by atoms with Gasteiger partial charge in [0.05, 0.1) is 5.39 Å². The second-order valence-corrected chi connectivity index (χ2v) is 8.96. The number of rotatable bonds is 4. The minimum atomic E-state index is 0.0253. The fourth-order valence-electron chi connectivity index (χ4n) is 4.04. The molecule has 0 N–H and O–H groups in total. The summed E-state index contributed by atoms with van der Waals surface area (Å²) in [7, 11) is 0. The Morgan fingerprint density at radius 2 is 1.93 bits per heavy atom. The molecule has 1 unspecified atom stereocenters. The lowest BCUT2D eigenvalue weighted by molar-refractivity contribution is -0.128. The Balaban J connectivity index is 1.74. The maximum atomic E-state index is 11.9. The fraction of sp³-hybridized carbons (Fsp3) is 0.650. The molecule has 0 spiro atoms. The van der Waals surface area contributed by atoms with Crippen LogP contribution in [0.2, 0.25) is 0 Å². The van der Waals surface area contributed by atoms with E-state index in [1.54, 1.807) is 0 Å². The third-order valence-electron chi connectivity index (χ3n) is 5.91. The summed E-state index contributed by atoms with van der Waals surface area (Å²) in [5, 5.41) is 1.28. The summed E-state index contributed by atoms with van der Waals surface area (Å²) < 4.78 is 0. The third-order valence-corrected chi connectivity index (χ3v) is 7.33. The summed E-state index contributed by atoms with van der Waals surface area (Å²) in [5.41, 5.74) is 1.48. The first-order valence-corrected chi connectivity index (χ1v) is 11.4. The molecule has 1 fully saturated rings. The molecule has 4 rings (SSSR count). The maximum absolute atomic E-state index is 11.9. The Labute approximate surface area is 169 Å². The minimum Gasteiger partial charge on any atom is -0.352 e. The predicted octanol–water partition coefficient (Wildman–Crippen LogP) is 3.97. The van der Waals surface area contributed by atoms with Crippen LogP contribution in [0.3, 0.4) is 0 Å². The summed E-state index contributed by atoms with van der Waals surface area (Å²) in [5.74, 6) is 2.49. The topological polar surface area (TPSA) is 49.3 Å². The van der Waals surface area contributed by atoms with E-state index in [0.29, 0.717) is 19.0 Å². The number of aromatic nitrogens is 2. The van der Waals surface area contributed by atoms with E-state index in [4.69, 9.17) is 21.6 Å². The molecule has 146 valence electrons. The van der Waals surface area contributed by atoms with E-state index in [9.17, 15) is 4.79 Å². The number of piperazine rings is 1. The smallest absolute Gasteiger partial charge is 0.237 e. The molecule has 0 saturated carbocycles. The number of halogens is 1. The number of carbonyl (C=O) groups excluding carboxylic acids is 1. The number of amides is 1. The predicted molar refractivity (Wildman–Crippen MR) is 112 cm³/mol. The van der Waals surface area contributed by atoms with Gasteiger partial charge in [-0.2, -0.15) is 0 Å². The van der Waals surface area contributed by atoms with Gasteiger partial charge in [0.1, 0.15) is 22.4 Å². The van der Waals surface area contributed by atoms with Crippen LogP contribution in [-0.4, -0.2) is 52.8 Å². The number of hydrogen-bond donors (Lipinski definition) is 0. The van der Waals surface area contributed by atoms with Crippen LogP contribution in [0, 0.1) is 0 Å². The zero-order valence-corrected chi connectivity index (χ0v) is 17.7. The van der Waals surface area contributed by atoms with Crippen LogP contribution in [0.4, 0.5) is 5.82 Å². The SMILES string of the molecule is CCC(C)c1nc(N2CCN(C(=O)CCl)CC2)c2c3c(sc2n1)CCCC3. The fourth-order valence-corrected chi connectivity index (χ4v) is 5.47. The lowest BCUT2D eigenvalue weighted by Crippen LogP contribution is -2.49. The average Bonchev–Trinajstić information content (AvgIpc) is 3.10. The quantitative estimate of drug-likeness (QED) is 0.721. The zero-order valence-electron chi connectivity index (χ0n) is 16.1. The Hall–Kier alpha value is -1.40. The Kier molecular flexibility index (Phi) is 5.55. The number of nitrogens with zero attached hydrogens (tertiary/aromatic N) is 4. The van der Waals surface area contributed by atoms with Crippen molar-refractivity contribution in [1.82, 2.24) is 14.9 Å². The lowest BCUT2D eigenvalue weighted by atomic mass is 9.96. The van der Waals surface area contributed by atoms with Crippen LogP contribution in [-0.2, 0) is 17.6 Å². The van der Waals surface area contributed by atoms with Crippen LogP contribution in [0.15, 0.2) is 0 Å². The number of anilines is 1. The number of fused-ring (bicyclic) bond motifs is 3. The summed E-state index contributed by atoms with van der Waals surface area (Å²) in [6.45, 7) is 7.42. The standard InChI is InChI=1S/C20H27ClN4OS/c1-3-13(2)18-22-19(25-10-8-24(9-11-25)16(26)12-21)17-14-6-4-5-7-15(14)27-20(17)23-18/h13H,3-12H2,1-2H3. The van der Waals surface area contributed by atoms with Crippen molar-refractivity contribution in [3.8, 4) is 0 Å². The van der Waals surface area contributed by atoms with E-state index < -0.39 is 0 Å². The van der Waals surface area contributed by atoms with Gasteiger partial charge in [0.2, 0.25) is 5.91 Å². The number of thiophene rings is 1. The van der Waals surface area contributed by atoms with Gasteiger partial charge in [-0.3, -0.25) is 4.79 Å². The summed E-state index contributed by atoms with van der Waals surface area (Å²) in [6.07, 6.45) is 5.88. The molecule has 1 saturated heterocycles. The highest BCUT2D eigenvalue weighted by atomic mass is 35.5. The maximum Gasteiger partial charge on any atom is 0.237 e. The van der Waals surface area contributed by atoms with Crippen molar-refractivity contribution in [1.29, 1.82) is 0 Å². The molecule has 1 amide bonds.